The third-order valence-electron chi connectivity index (χ3n) is 2.81. The number of nitrogens with one attached hydrogen (secondary N) is 1. The molecule has 0 unspecified atom stereocenters. The van der Waals surface area contributed by atoms with Crippen LogP contribution in [0.15, 0.2) is 53.6 Å². The van der Waals surface area contributed by atoms with Crippen LogP contribution in [-0.4, -0.2) is 16.8 Å². The summed E-state index contributed by atoms with van der Waals surface area (Å²) in [4.78, 5) is 10.7. The number of hydrogen-bond acceptors (Lipinski definition) is 4. The van der Waals surface area contributed by atoms with Gasteiger partial charge in [0.25, 0.3) is 0 Å². The van der Waals surface area contributed by atoms with E-state index in [0.717, 1.165) is 17.0 Å². The molecule has 0 saturated heterocycles. The summed E-state index contributed by atoms with van der Waals surface area (Å²) < 4.78 is 0. The summed E-state index contributed by atoms with van der Waals surface area (Å²) in [6.07, 6.45) is 0. The van der Waals surface area contributed by atoms with E-state index in [9.17, 15) is 4.79 Å². The van der Waals surface area contributed by atoms with Crippen LogP contribution in [0.2, 0.25) is 0 Å². The highest BCUT2D eigenvalue weighted by Crippen LogP contribution is 2.11. The number of hydrazone groups is 1. The quantitative estimate of drug-likeness (QED) is 0.452. The van der Waals surface area contributed by atoms with E-state index < -0.39 is 5.97 Å². The van der Waals surface area contributed by atoms with Gasteiger partial charge in [-0.2, -0.15) is 5.10 Å². The van der Waals surface area contributed by atoms with E-state index in [1.807, 2.05) is 31.2 Å². The molecular formula is C15H15N3O2. The second-order valence-corrected chi connectivity index (χ2v) is 4.31. The van der Waals surface area contributed by atoms with Crippen LogP contribution >= 0.6 is 0 Å². The number of nitrogens with two attached hydrogens (primary N) is 1. The number of aromatic carboxylic acids is 1. The molecule has 2 rings (SSSR count). The van der Waals surface area contributed by atoms with Gasteiger partial charge in [0.1, 0.15) is 0 Å². The Hall–Kier alpha value is -2.82. The van der Waals surface area contributed by atoms with Crippen LogP contribution in [0.25, 0.3) is 0 Å². The largest absolute Gasteiger partial charge is 0.478 e. The van der Waals surface area contributed by atoms with Crippen molar-refractivity contribution in [3.8, 4) is 0 Å². The second kappa shape index (κ2) is 5.88. The summed E-state index contributed by atoms with van der Waals surface area (Å²) in [5.74, 6) is -0.946. The van der Waals surface area contributed by atoms with E-state index in [1.165, 1.54) is 12.1 Å². The number of rotatable bonds is 4. The van der Waals surface area contributed by atoms with Crippen molar-refractivity contribution in [1.29, 1.82) is 0 Å². The lowest BCUT2D eigenvalue weighted by molar-refractivity contribution is 0.0697. The van der Waals surface area contributed by atoms with Gasteiger partial charge >= 0.3 is 5.97 Å². The molecule has 102 valence electrons. The topological polar surface area (TPSA) is 87.7 Å². The van der Waals surface area contributed by atoms with Crippen LogP contribution < -0.4 is 11.2 Å². The Morgan fingerprint density at radius 2 is 1.60 bits per heavy atom. The van der Waals surface area contributed by atoms with Gasteiger partial charge in [0.05, 0.1) is 17.0 Å². The molecule has 0 aliphatic carbocycles. The minimum Gasteiger partial charge on any atom is -0.478 e. The van der Waals surface area contributed by atoms with Crippen molar-refractivity contribution in [3.05, 3.63) is 59.7 Å². The fourth-order valence-corrected chi connectivity index (χ4v) is 1.62. The fraction of sp³-hybridized carbons (Fsp3) is 0.0667. The third-order valence-corrected chi connectivity index (χ3v) is 2.81. The molecule has 5 heteroatoms. The van der Waals surface area contributed by atoms with Gasteiger partial charge in [0.2, 0.25) is 0 Å². The maximum absolute atomic E-state index is 10.7. The molecule has 0 radical (unpaired) electrons. The first-order valence-electron chi connectivity index (χ1n) is 6.06. The predicted molar refractivity (Wildman–Crippen MR) is 80.1 cm³/mol. The zero-order chi connectivity index (χ0) is 14.5. The van der Waals surface area contributed by atoms with Crippen molar-refractivity contribution >= 4 is 23.1 Å². The summed E-state index contributed by atoms with van der Waals surface area (Å²) in [6, 6.07) is 13.8. The van der Waals surface area contributed by atoms with E-state index in [-0.39, 0.29) is 5.56 Å². The number of nitrogen functional groups attached to an aromatic ring is 1. The first-order valence-corrected chi connectivity index (χ1v) is 6.06. The van der Waals surface area contributed by atoms with E-state index in [1.54, 1.807) is 12.1 Å². The highest BCUT2D eigenvalue weighted by atomic mass is 16.4. The second-order valence-electron chi connectivity index (χ2n) is 4.31. The molecule has 20 heavy (non-hydrogen) atoms. The number of carboxylic acids is 1. The number of anilines is 2. The zero-order valence-electron chi connectivity index (χ0n) is 11.0. The summed E-state index contributed by atoms with van der Waals surface area (Å²) >= 11 is 0. The molecule has 2 aromatic rings. The first-order chi connectivity index (χ1) is 9.56. The molecule has 0 fully saturated rings. The number of carboxylic acid groups (broad SMARTS) is 1. The molecule has 0 saturated carbocycles. The molecule has 4 N–H and O–H groups in total. The SMILES string of the molecule is C/C(=N\Nc1ccc(C(=O)O)cc1)c1ccc(N)cc1. The summed E-state index contributed by atoms with van der Waals surface area (Å²) in [5.41, 5.74) is 12.0. The Balaban J connectivity index is 2.08. The molecule has 0 aliphatic rings. The molecule has 0 heterocycles. The maximum Gasteiger partial charge on any atom is 0.335 e. The van der Waals surface area contributed by atoms with Crippen molar-refractivity contribution in [2.45, 2.75) is 6.92 Å². The number of benzene rings is 2. The zero-order valence-corrected chi connectivity index (χ0v) is 11.0. The average Bonchev–Trinajstić information content (AvgIpc) is 2.46. The standard InChI is InChI=1S/C15H15N3O2/c1-10(11-2-6-13(16)7-3-11)17-18-14-8-4-12(5-9-14)15(19)20/h2-9,18H,16H2,1H3,(H,19,20)/b17-10+. The average molecular weight is 269 g/mol. The first kappa shape index (κ1) is 13.6. The lowest BCUT2D eigenvalue weighted by Crippen LogP contribution is -2.00. The Bertz CT molecular complexity index is 631. The van der Waals surface area contributed by atoms with Gasteiger partial charge in [-0.1, -0.05) is 12.1 Å². The monoisotopic (exact) mass is 269 g/mol. The van der Waals surface area contributed by atoms with Gasteiger partial charge in [-0.15, -0.1) is 0 Å². The van der Waals surface area contributed by atoms with Gasteiger partial charge < -0.3 is 10.8 Å². The van der Waals surface area contributed by atoms with Crippen molar-refractivity contribution in [2.24, 2.45) is 5.10 Å². The van der Waals surface area contributed by atoms with Gasteiger partial charge in [-0.25, -0.2) is 4.79 Å². The normalized spacial score (nSPS) is 11.2. The van der Waals surface area contributed by atoms with Gasteiger partial charge in [-0.05, 0) is 48.9 Å². The molecule has 0 bridgehead atoms. The number of carbonyl (C=O) groups is 1. The lowest BCUT2D eigenvalue weighted by Gasteiger charge is -2.04. The minimum absolute atomic E-state index is 0.245. The van der Waals surface area contributed by atoms with Crippen LogP contribution in [-0.2, 0) is 0 Å². The van der Waals surface area contributed by atoms with Gasteiger partial charge in [0.15, 0.2) is 0 Å². The van der Waals surface area contributed by atoms with Crippen LogP contribution in [0.5, 0.6) is 0 Å². The van der Waals surface area contributed by atoms with E-state index >= 15 is 0 Å². The summed E-state index contributed by atoms with van der Waals surface area (Å²) in [6.45, 7) is 1.88. The molecule has 0 aromatic heterocycles. The number of hydrogen-bond donors (Lipinski definition) is 3. The van der Waals surface area contributed by atoms with Crippen LogP contribution in [0, 0.1) is 0 Å². The van der Waals surface area contributed by atoms with E-state index in [2.05, 4.69) is 10.5 Å². The van der Waals surface area contributed by atoms with Crippen molar-refractivity contribution in [2.75, 3.05) is 11.2 Å². The van der Waals surface area contributed by atoms with Crippen LogP contribution in [0.1, 0.15) is 22.8 Å². The molecule has 0 amide bonds. The summed E-state index contributed by atoms with van der Waals surface area (Å²) in [5, 5.41) is 13.1. The molecule has 0 spiro atoms. The molecule has 5 nitrogen and oxygen atoms in total. The van der Waals surface area contributed by atoms with Crippen LogP contribution in [0.3, 0.4) is 0 Å². The molecule has 0 atom stereocenters. The van der Waals surface area contributed by atoms with E-state index in [4.69, 9.17) is 10.8 Å². The highest BCUT2D eigenvalue weighted by Gasteiger charge is 2.01. The maximum atomic E-state index is 10.7. The van der Waals surface area contributed by atoms with Gasteiger partial charge in [-0.3, -0.25) is 5.43 Å². The predicted octanol–water partition coefficient (Wildman–Crippen LogP) is 2.80. The number of nitrogens with zero attached hydrogens (tertiary/aromatic N) is 1. The molecule has 0 aliphatic heterocycles. The lowest BCUT2D eigenvalue weighted by atomic mass is 10.1. The van der Waals surface area contributed by atoms with Crippen molar-refractivity contribution < 1.29 is 9.90 Å². The fourth-order valence-electron chi connectivity index (χ4n) is 1.62. The van der Waals surface area contributed by atoms with Gasteiger partial charge in [0, 0.05) is 5.69 Å². The Morgan fingerprint density at radius 3 is 2.15 bits per heavy atom. The Kier molecular flexibility index (Phi) is 4.00. The van der Waals surface area contributed by atoms with Crippen LogP contribution in [0.4, 0.5) is 11.4 Å². The highest BCUT2D eigenvalue weighted by molar-refractivity contribution is 5.99. The Labute approximate surface area is 116 Å². The van der Waals surface area contributed by atoms with Crippen molar-refractivity contribution in [1.82, 2.24) is 0 Å². The smallest absolute Gasteiger partial charge is 0.335 e. The molecular weight excluding hydrogens is 254 g/mol. The molecule has 2 aromatic carbocycles. The third kappa shape index (κ3) is 3.35. The Morgan fingerprint density at radius 1 is 1.05 bits per heavy atom. The minimum atomic E-state index is -0.946. The van der Waals surface area contributed by atoms with Crippen molar-refractivity contribution in [3.63, 3.8) is 0 Å². The van der Waals surface area contributed by atoms with E-state index in [0.29, 0.717) is 5.69 Å². The summed E-state index contributed by atoms with van der Waals surface area (Å²) in [7, 11) is 0.